The Morgan fingerprint density at radius 2 is 2.07 bits per heavy atom. The number of amides is 2. The first-order chi connectivity index (χ1) is 7.09. The van der Waals surface area contributed by atoms with E-state index in [1.807, 2.05) is 0 Å². The number of hydrogen-bond donors (Lipinski definition) is 1. The number of hydrogen-bond acceptors (Lipinski definition) is 4. The molecule has 0 radical (unpaired) electrons. The number of rotatable bonds is 2. The Kier molecular flexibility index (Phi) is 2.34. The minimum absolute atomic E-state index is 0.0801. The molecule has 2 amide bonds. The first-order valence-corrected chi connectivity index (χ1v) is 4.87. The third kappa shape index (κ3) is 1.67. The van der Waals surface area contributed by atoms with Gasteiger partial charge in [0.05, 0.1) is 5.92 Å². The van der Waals surface area contributed by atoms with Gasteiger partial charge in [0.15, 0.2) is 0 Å². The summed E-state index contributed by atoms with van der Waals surface area (Å²) in [6.07, 6.45) is 1.39. The molecule has 6 heteroatoms. The molecule has 1 aliphatic heterocycles. The molecule has 1 saturated heterocycles. The smallest absolute Gasteiger partial charge is 0.448 e. The number of carbonyl (C=O) groups excluding carboxylic acids is 2. The van der Waals surface area contributed by atoms with Crippen LogP contribution in [0.5, 0.6) is 0 Å². The normalized spacial score (nSPS) is 26.7. The third-order valence-corrected chi connectivity index (χ3v) is 3.03. The Bertz CT molecular complexity index is 322. The molecule has 0 aromatic rings. The molecule has 1 atom stereocenters. The fourth-order valence-corrected chi connectivity index (χ4v) is 2.02. The van der Waals surface area contributed by atoms with Gasteiger partial charge in [-0.3, -0.25) is 14.4 Å². The third-order valence-electron chi connectivity index (χ3n) is 3.03. The predicted octanol–water partition coefficient (Wildman–Crippen LogP) is 0.771. The summed E-state index contributed by atoms with van der Waals surface area (Å²) in [4.78, 5) is 37.3. The van der Waals surface area contributed by atoms with Crippen LogP contribution in [0.25, 0.3) is 0 Å². The lowest BCUT2D eigenvalue weighted by molar-refractivity contribution is -0.177. The Morgan fingerprint density at radius 1 is 1.40 bits per heavy atom. The van der Waals surface area contributed by atoms with Crippen LogP contribution in [0.3, 0.4) is 0 Å². The van der Waals surface area contributed by atoms with Gasteiger partial charge in [-0.25, -0.2) is 4.79 Å². The van der Waals surface area contributed by atoms with E-state index in [9.17, 15) is 14.4 Å². The van der Waals surface area contributed by atoms with E-state index in [2.05, 4.69) is 4.84 Å². The van der Waals surface area contributed by atoms with Crippen LogP contribution in [0.15, 0.2) is 0 Å². The number of nitrogens with zero attached hydrogens (tertiary/aromatic N) is 1. The van der Waals surface area contributed by atoms with Gasteiger partial charge >= 0.3 is 6.16 Å². The summed E-state index contributed by atoms with van der Waals surface area (Å²) < 4.78 is 0. The van der Waals surface area contributed by atoms with Crippen LogP contribution in [0.1, 0.15) is 25.7 Å². The van der Waals surface area contributed by atoms with Crippen molar-refractivity contribution in [2.75, 3.05) is 0 Å². The van der Waals surface area contributed by atoms with Crippen molar-refractivity contribution >= 4 is 18.0 Å². The second-order valence-corrected chi connectivity index (χ2v) is 3.89. The lowest BCUT2D eigenvalue weighted by atomic mass is 9.75. The zero-order valence-corrected chi connectivity index (χ0v) is 8.01. The summed E-state index contributed by atoms with van der Waals surface area (Å²) in [5.41, 5.74) is 0. The molecule has 0 spiro atoms. The highest BCUT2D eigenvalue weighted by atomic mass is 16.8. The summed E-state index contributed by atoms with van der Waals surface area (Å²) in [5.74, 6) is -1.21. The number of hydroxylamine groups is 2. The molecule has 82 valence electrons. The Labute approximate surface area is 85.8 Å². The molecule has 1 unspecified atom stereocenters. The summed E-state index contributed by atoms with van der Waals surface area (Å²) in [6.45, 7) is 0. The SMILES string of the molecule is O=C(O)ON1C(=O)CC(C2CCC2)C1=O. The zero-order chi connectivity index (χ0) is 11.0. The van der Waals surface area contributed by atoms with Crippen molar-refractivity contribution < 1.29 is 24.3 Å². The molecule has 1 saturated carbocycles. The maximum atomic E-state index is 11.6. The maximum Gasteiger partial charge on any atom is 0.531 e. The standard InChI is InChI=1S/C9H11NO5/c11-7-4-6(5-2-1-3-5)8(12)10(7)15-9(13)14/h5-6H,1-4H2,(H,13,14). The van der Waals surface area contributed by atoms with Crippen LogP contribution in [-0.2, 0) is 14.4 Å². The molecule has 15 heavy (non-hydrogen) atoms. The van der Waals surface area contributed by atoms with E-state index < -0.39 is 18.0 Å². The maximum absolute atomic E-state index is 11.6. The van der Waals surface area contributed by atoms with E-state index in [4.69, 9.17) is 5.11 Å². The minimum Gasteiger partial charge on any atom is -0.448 e. The predicted molar refractivity (Wildman–Crippen MR) is 46.4 cm³/mol. The van der Waals surface area contributed by atoms with Gasteiger partial charge in [0, 0.05) is 6.42 Å². The second-order valence-electron chi connectivity index (χ2n) is 3.89. The Morgan fingerprint density at radius 3 is 2.53 bits per heavy atom. The highest BCUT2D eigenvalue weighted by molar-refractivity contribution is 6.03. The molecule has 0 aromatic carbocycles. The van der Waals surface area contributed by atoms with Crippen LogP contribution >= 0.6 is 0 Å². The minimum atomic E-state index is -1.63. The average molecular weight is 213 g/mol. The summed E-state index contributed by atoms with van der Waals surface area (Å²) in [6, 6.07) is 0. The first-order valence-electron chi connectivity index (χ1n) is 4.87. The van der Waals surface area contributed by atoms with Crippen molar-refractivity contribution in [2.24, 2.45) is 11.8 Å². The van der Waals surface area contributed by atoms with Gasteiger partial charge in [0.1, 0.15) is 0 Å². The van der Waals surface area contributed by atoms with Crippen LogP contribution in [0, 0.1) is 11.8 Å². The van der Waals surface area contributed by atoms with Crippen LogP contribution in [0.4, 0.5) is 4.79 Å². The van der Waals surface area contributed by atoms with Crippen molar-refractivity contribution in [1.29, 1.82) is 0 Å². The highest BCUT2D eigenvalue weighted by Crippen LogP contribution is 2.39. The monoisotopic (exact) mass is 213 g/mol. The van der Waals surface area contributed by atoms with Gasteiger partial charge < -0.3 is 5.11 Å². The number of carboxylic acid groups (broad SMARTS) is 1. The van der Waals surface area contributed by atoms with E-state index in [0.717, 1.165) is 19.3 Å². The Hall–Kier alpha value is -1.59. The van der Waals surface area contributed by atoms with E-state index in [-0.39, 0.29) is 18.3 Å². The molecule has 1 N–H and O–H groups in total. The van der Waals surface area contributed by atoms with Crippen molar-refractivity contribution in [3.8, 4) is 0 Å². The van der Waals surface area contributed by atoms with Crippen LogP contribution < -0.4 is 0 Å². The molecule has 0 aromatic heterocycles. The molecule has 0 bridgehead atoms. The largest absolute Gasteiger partial charge is 0.531 e. The van der Waals surface area contributed by atoms with Crippen molar-refractivity contribution in [3.63, 3.8) is 0 Å². The van der Waals surface area contributed by atoms with E-state index in [0.29, 0.717) is 5.06 Å². The van der Waals surface area contributed by atoms with Gasteiger partial charge in [-0.05, 0) is 18.8 Å². The van der Waals surface area contributed by atoms with Gasteiger partial charge in [-0.1, -0.05) is 11.5 Å². The van der Waals surface area contributed by atoms with Gasteiger partial charge in [-0.2, -0.15) is 0 Å². The summed E-state index contributed by atoms with van der Waals surface area (Å²) in [5, 5.41) is 8.72. The quantitative estimate of drug-likeness (QED) is 0.685. The van der Waals surface area contributed by atoms with Crippen LogP contribution in [0.2, 0.25) is 0 Å². The van der Waals surface area contributed by atoms with Crippen molar-refractivity contribution in [1.82, 2.24) is 5.06 Å². The lowest BCUT2D eigenvalue weighted by Gasteiger charge is -2.29. The van der Waals surface area contributed by atoms with Crippen molar-refractivity contribution in [2.45, 2.75) is 25.7 Å². The van der Waals surface area contributed by atoms with Gasteiger partial charge in [-0.15, -0.1) is 0 Å². The Balaban J connectivity index is 2.05. The number of carbonyl (C=O) groups is 3. The zero-order valence-electron chi connectivity index (χ0n) is 8.01. The second kappa shape index (κ2) is 3.52. The summed E-state index contributed by atoms with van der Waals surface area (Å²) >= 11 is 0. The molecule has 2 rings (SSSR count). The van der Waals surface area contributed by atoms with E-state index in [1.165, 1.54) is 0 Å². The molecular formula is C9H11NO5. The number of imide groups is 1. The lowest BCUT2D eigenvalue weighted by Crippen LogP contribution is -2.35. The van der Waals surface area contributed by atoms with Gasteiger partial charge in [0.25, 0.3) is 11.8 Å². The molecule has 1 heterocycles. The fraction of sp³-hybridized carbons (Fsp3) is 0.667. The van der Waals surface area contributed by atoms with Crippen LogP contribution in [-0.4, -0.2) is 28.1 Å². The molecule has 1 aliphatic carbocycles. The topological polar surface area (TPSA) is 83.9 Å². The van der Waals surface area contributed by atoms with E-state index in [1.54, 1.807) is 0 Å². The highest BCUT2D eigenvalue weighted by Gasteiger charge is 2.46. The molecule has 2 fully saturated rings. The molecule has 2 aliphatic rings. The van der Waals surface area contributed by atoms with Gasteiger partial charge in [0.2, 0.25) is 0 Å². The average Bonchev–Trinajstić information content (AvgIpc) is 2.30. The summed E-state index contributed by atoms with van der Waals surface area (Å²) in [7, 11) is 0. The van der Waals surface area contributed by atoms with Crippen molar-refractivity contribution in [3.05, 3.63) is 0 Å². The first kappa shape index (κ1) is 9.95. The molecular weight excluding hydrogens is 202 g/mol. The molecule has 6 nitrogen and oxygen atoms in total. The fourth-order valence-electron chi connectivity index (χ4n) is 2.02. The van der Waals surface area contributed by atoms with E-state index >= 15 is 0 Å².